The highest BCUT2D eigenvalue weighted by atomic mass is 32.2. The number of hydrogen-bond donors (Lipinski definition) is 0. The van der Waals surface area contributed by atoms with Crippen LogP contribution in [0.4, 0.5) is 0 Å². The van der Waals surface area contributed by atoms with Gasteiger partial charge in [-0.05, 0) is 32.0 Å². The van der Waals surface area contributed by atoms with Crippen LogP contribution in [0.1, 0.15) is 13.8 Å². The zero-order chi connectivity index (χ0) is 13.8. The second kappa shape index (κ2) is 5.75. The summed E-state index contributed by atoms with van der Waals surface area (Å²) >= 11 is 1.11. The van der Waals surface area contributed by atoms with Crippen LogP contribution in [-0.2, 0) is 9.59 Å². The van der Waals surface area contributed by atoms with Crippen LogP contribution in [-0.4, -0.2) is 36.8 Å². The first-order chi connectivity index (χ1) is 9.08. The second-order valence-electron chi connectivity index (χ2n) is 3.90. The highest BCUT2D eigenvalue weighted by molar-refractivity contribution is 8.01. The van der Waals surface area contributed by atoms with Crippen molar-refractivity contribution in [2.45, 2.75) is 24.1 Å². The van der Waals surface area contributed by atoms with Crippen molar-refractivity contribution in [3.05, 3.63) is 30.6 Å². The molecule has 19 heavy (non-hydrogen) atoms. The number of aromatic nitrogens is 4. The standard InChI is InChI=1S/C12H12N4O2S/c1-8(17)12(9(2)18)19-11-5-4-10(14-15-11)16-7-3-6-13-16/h3-7,12H,1-2H3. The molecule has 0 saturated heterocycles. The fourth-order valence-corrected chi connectivity index (χ4v) is 2.28. The monoisotopic (exact) mass is 276 g/mol. The SMILES string of the molecule is CC(=O)C(Sc1ccc(-n2cccn2)nn1)C(C)=O. The smallest absolute Gasteiger partial charge is 0.175 e. The first-order valence-corrected chi connectivity index (χ1v) is 6.47. The maximum absolute atomic E-state index is 11.3. The van der Waals surface area contributed by atoms with Crippen LogP contribution in [0.3, 0.4) is 0 Å². The molecule has 0 amide bonds. The van der Waals surface area contributed by atoms with Gasteiger partial charge in [-0.2, -0.15) is 5.10 Å². The molecule has 0 aliphatic carbocycles. The number of hydrogen-bond acceptors (Lipinski definition) is 6. The molecule has 0 unspecified atom stereocenters. The third-order valence-corrected chi connectivity index (χ3v) is 3.70. The molecule has 2 rings (SSSR count). The molecule has 0 atom stereocenters. The van der Waals surface area contributed by atoms with E-state index in [1.165, 1.54) is 13.8 Å². The van der Waals surface area contributed by atoms with Gasteiger partial charge in [-0.3, -0.25) is 9.59 Å². The van der Waals surface area contributed by atoms with E-state index in [-0.39, 0.29) is 11.6 Å². The number of ketones is 2. The van der Waals surface area contributed by atoms with Crippen LogP contribution in [0.5, 0.6) is 0 Å². The molecule has 0 bridgehead atoms. The van der Waals surface area contributed by atoms with Gasteiger partial charge in [-0.25, -0.2) is 4.68 Å². The van der Waals surface area contributed by atoms with Crippen molar-refractivity contribution in [3.63, 3.8) is 0 Å². The quantitative estimate of drug-likeness (QED) is 0.605. The molecule has 6 nitrogen and oxygen atoms in total. The van der Waals surface area contributed by atoms with E-state index in [1.54, 1.807) is 35.3 Å². The Balaban J connectivity index is 2.15. The predicted octanol–water partition coefficient (Wildman–Crippen LogP) is 1.30. The minimum atomic E-state index is -0.718. The van der Waals surface area contributed by atoms with Crippen LogP contribution in [0.2, 0.25) is 0 Å². The summed E-state index contributed by atoms with van der Waals surface area (Å²) in [5, 5.41) is 11.8. The lowest BCUT2D eigenvalue weighted by atomic mass is 10.2. The van der Waals surface area contributed by atoms with Gasteiger partial charge in [0.2, 0.25) is 0 Å². The third kappa shape index (κ3) is 3.25. The third-order valence-electron chi connectivity index (χ3n) is 2.34. The Kier molecular flexibility index (Phi) is 4.06. The van der Waals surface area contributed by atoms with Gasteiger partial charge in [-0.1, -0.05) is 11.8 Å². The highest BCUT2D eigenvalue weighted by Crippen LogP contribution is 2.22. The molecule has 0 fully saturated rings. The Morgan fingerprint density at radius 3 is 2.42 bits per heavy atom. The maximum atomic E-state index is 11.3. The molecule has 98 valence electrons. The van der Waals surface area contributed by atoms with Crippen molar-refractivity contribution >= 4 is 23.3 Å². The van der Waals surface area contributed by atoms with Gasteiger partial charge in [0.15, 0.2) is 17.4 Å². The van der Waals surface area contributed by atoms with Gasteiger partial charge in [0.05, 0.1) is 0 Å². The van der Waals surface area contributed by atoms with E-state index in [9.17, 15) is 9.59 Å². The van der Waals surface area contributed by atoms with Gasteiger partial charge in [-0.15, -0.1) is 10.2 Å². The van der Waals surface area contributed by atoms with Crippen LogP contribution < -0.4 is 0 Å². The zero-order valence-electron chi connectivity index (χ0n) is 10.5. The summed E-state index contributed by atoms with van der Waals surface area (Å²) in [6.45, 7) is 2.79. The lowest BCUT2D eigenvalue weighted by Gasteiger charge is -2.08. The van der Waals surface area contributed by atoms with E-state index in [0.29, 0.717) is 10.8 Å². The number of nitrogens with zero attached hydrogens (tertiary/aromatic N) is 4. The summed E-state index contributed by atoms with van der Waals surface area (Å²) in [5.74, 6) is 0.211. The maximum Gasteiger partial charge on any atom is 0.175 e. The van der Waals surface area contributed by atoms with Crippen molar-refractivity contribution in [3.8, 4) is 5.82 Å². The summed E-state index contributed by atoms with van der Waals surface area (Å²) in [7, 11) is 0. The first-order valence-electron chi connectivity index (χ1n) is 5.59. The molecule has 2 heterocycles. The highest BCUT2D eigenvalue weighted by Gasteiger charge is 2.21. The van der Waals surface area contributed by atoms with Gasteiger partial charge < -0.3 is 0 Å². The minimum Gasteiger partial charge on any atom is -0.298 e. The molecular formula is C12H12N4O2S. The summed E-state index contributed by atoms with van der Waals surface area (Å²) in [4.78, 5) is 22.7. The van der Waals surface area contributed by atoms with Gasteiger partial charge >= 0.3 is 0 Å². The minimum absolute atomic E-state index is 0.185. The topological polar surface area (TPSA) is 77.7 Å². The zero-order valence-corrected chi connectivity index (χ0v) is 11.3. The molecule has 2 aromatic heterocycles. The van der Waals surface area contributed by atoms with Gasteiger partial charge in [0, 0.05) is 12.4 Å². The number of Topliss-reactive ketones (excluding diaryl/α,β-unsaturated/α-hetero) is 2. The van der Waals surface area contributed by atoms with Crippen LogP contribution >= 0.6 is 11.8 Å². The van der Waals surface area contributed by atoms with E-state index < -0.39 is 5.25 Å². The molecule has 2 aromatic rings. The molecule has 0 radical (unpaired) electrons. The molecule has 0 spiro atoms. The Hall–Kier alpha value is -2.02. The second-order valence-corrected chi connectivity index (χ2v) is 5.02. The van der Waals surface area contributed by atoms with Crippen molar-refractivity contribution < 1.29 is 9.59 Å². The van der Waals surface area contributed by atoms with Crippen LogP contribution in [0, 0.1) is 0 Å². The van der Waals surface area contributed by atoms with Crippen molar-refractivity contribution in [2.75, 3.05) is 0 Å². The predicted molar refractivity (Wildman–Crippen MR) is 70.2 cm³/mol. The Morgan fingerprint density at radius 2 is 1.95 bits per heavy atom. The van der Waals surface area contributed by atoms with E-state index >= 15 is 0 Å². The molecular weight excluding hydrogens is 264 g/mol. The number of rotatable bonds is 5. The molecule has 0 N–H and O–H groups in total. The molecule has 0 aliphatic rings. The summed E-state index contributed by atoms with van der Waals surface area (Å²) in [6.07, 6.45) is 3.40. The van der Waals surface area contributed by atoms with E-state index in [4.69, 9.17) is 0 Å². The number of carbonyl (C=O) groups excluding carboxylic acids is 2. The average molecular weight is 276 g/mol. The Labute approximate surface area is 114 Å². The summed E-state index contributed by atoms with van der Waals surface area (Å²) in [5.41, 5.74) is 0. The lowest BCUT2D eigenvalue weighted by molar-refractivity contribution is -0.123. The fraction of sp³-hybridized carbons (Fsp3) is 0.250. The Bertz CT molecular complexity index is 566. The summed E-state index contributed by atoms with van der Waals surface area (Å²) in [6, 6.07) is 5.24. The average Bonchev–Trinajstić information content (AvgIpc) is 2.89. The largest absolute Gasteiger partial charge is 0.298 e. The molecule has 0 saturated carbocycles. The van der Waals surface area contributed by atoms with Crippen molar-refractivity contribution in [1.82, 2.24) is 20.0 Å². The molecule has 0 aromatic carbocycles. The fourth-order valence-electron chi connectivity index (χ4n) is 1.48. The van der Waals surface area contributed by atoms with E-state index in [2.05, 4.69) is 15.3 Å². The summed E-state index contributed by atoms with van der Waals surface area (Å²) < 4.78 is 1.58. The van der Waals surface area contributed by atoms with Crippen LogP contribution in [0.15, 0.2) is 35.6 Å². The normalized spacial score (nSPS) is 10.7. The van der Waals surface area contributed by atoms with Gasteiger partial charge in [0.1, 0.15) is 10.3 Å². The number of thioether (sulfide) groups is 1. The van der Waals surface area contributed by atoms with Crippen molar-refractivity contribution in [2.24, 2.45) is 0 Å². The van der Waals surface area contributed by atoms with Crippen molar-refractivity contribution in [1.29, 1.82) is 0 Å². The van der Waals surface area contributed by atoms with E-state index in [0.717, 1.165) is 11.8 Å². The first kappa shape index (κ1) is 13.4. The molecule has 7 heteroatoms. The Morgan fingerprint density at radius 1 is 1.21 bits per heavy atom. The van der Waals surface area contributed by atoms with Gasteiger partial charge in [0.25, 0.3) is 0 Å². The van der Waals surface area contributed by atoms with E-state index in [1.807, 2.05) is 0 Å². The number of carbonyl (C=O) groups is 2. The van der Waals surface area contributed by atoms with Crippen LogP contribution in [0.25, 0.3) is 5.82 Å². The lowest BCUT2D eigenvalue weighted by Crippen LogP contribution is -2.22. The molecule has 0 aliphatic heterocycles.